The van der Waals surface area contributed by atoms with Gasteiger partial charge in [-0.2, -0.15) is 0 Å². The number of amides is 1. The molecule has 1 aliphatic carbocycles. The largest absolute Gasteiger partial charge is 0.479 e. The van der Waals surface area contributed by atoms with E-state index in [9.17, 15) is 19.1 Å². The van der Waals surface area contributed by atoms with E-state index in [0.717, 1.165) is 0 Å². The van der Waals surface area contributed by atoms with E-state index in [0.29, 0.717) is 24.0 Å². The van der Waals surface area contributed by atoms with Gasteiger partial charge in [-0.3, -0.25) is 4.79 Å². The minimum absolute atomic E-state index is 0.0668. The van der Waals surface area contributed by atoms with Crippen LogP contribution in [0.1, 0.15) is 30.0 Å². The number of nitrogens with one attached hydrogen (secondary N) is 1. The summed E-state index contributed by atoms with van der Waals surface area (Å²) in [5.41, 5.74) is 0.702. The molecule has 1 fully saturated rings. The Morgan fingerprint density at radius 3 is 2.62 bits per heavy atom. The molecule has 0 radical (unpaired) electrons. The van der Waals surface area contributed by atoms with Crippen molar-refractivity contribution in [1.82, 2.24) is 5.32 Å². The van der Waals surface area contributed by atoms with Crippen LogP contribution >= 0.6 is 0 Å². The number of hydrogen-bond donors (Lipinski definition) is 2. The normalized spacial score (nSPS) is 22.2. The monoisotopic (exact) mass is 295 g/mol. The van der Waals surface area contributed by atoms with Gasteiger partial charge in [0, 0.05) is 13.0 Å². The van der Waals surface area contributed by atoms with E-state index >= 15 is 0 Å². The van der Waals surface area contributed by atoms with Crippen LogP contribution in [-0.4, -0.2) is 30.2 Å². The van der Waals surface area contributed by atoms with Crippen LogP contribution in [0.5, 0.6) is 0 Å². The molecular weight excluding hydrogens is 277 g/mol. The van der Waals surface area contributed by atoms with Crippen molar-refractivity contribution in [2.75, 3.05) is 7.11 Å². The lowest BCUT2D eigenvalue weighted by Gasteiger charge is -2.33. The average molecular weight is 295 g/mol. The number of methoxy groups -OCH3 is 1. The Morgan fingerprint density at radius 2 is 2.10 bits per heavy atom. The van der Waals surface area contributed by atoms with Gasteiger partial charge in [-0.05, 0) is 37.0 Å². The molecule has 0 aliphatic heterocycles. The van der Waals surface area contributed by atoms with E-state index in [2.05, 4.69) is 5.32 Å². The van der Waals surface area contributed by atoms with Crippen molar-refractivity contribution in [3.8, 4) is 0 Å². The summed E-state index contributed by atoms with van der Waals surface area (Å²) in [6.45, 7) is 1.55. The number of halogens is 1. The predicted molar refractivity (Wildman–Crippen MR) is 73.2 cm³/mol. The standard InChI is InChI=1S/C15H18FNO4/c1-8-5-9(3-4-12(8)16)13(15(19)20)17-14(18)10-6-11(7-10)21-2/h3-5,10-11,13H,6-7H2,1-2H3,(H,17,18)(H,19,20). The molecule has 1 unspecified atom stereocenters. The Kier molecular flexibility index (Phi) is 4.57. The first-order chi connectivity index (χ1) is 9.92. The van der Waals surface area contributed by atoms with E-state index in [4.69, 9.17) is 4.74 Å². The highest BCUT2D eigenvalue weighted by molar-refractivity contribution is 5.86. The quantitative estimate of drug-likeness (QED) is 0.868. The van der Waals surface area contributed by atoms with Crippen LogP contribution in [0.25, 0.3) is 0 Å². The summed E-state index contributed by atoms with van der Waals surface area (Å²) >= 11 is 0. The van der Waals surface area contributed by atoms with Gasteiger partial charge in [-0.25, -0.2) is 9.18 Å². The molecule has 0 bridgehead atoms. The molecule has 0 spiro atoms. The molecule has 1 aromatic carbocycles. The summed E-state index contributed by atoms with van der Waals surface area (Å²) in [6, 6.07) is 2.85. The first-order valence-electron chi connectivity index (χ1n) is 6.74. The second kappa shape index (κ2) is 6.22. The second-order valence-electron chi connectivity index (χ2n) is 5.31. The van der Waals surface area contributed by atoms with Crippen molar-refractivity contribution in [2.24, 2.45) is 5.92 Å². The number of carboxylic acids is 1. The van der Waals surface area contributed by atoms with Gasteiger partial charge in [-0.15, -0.1) is 0 Å². The number of hydrogen-bond acceptors (Lipinski definition) is 3. The maximum atomic E-state index is 13.3. The predicted octanol–water partition coefficient (Wildman–Crippen LogP) is 1.80. The zero-order chi connectivity index (χ0) is 15.6. The Morgan fingerprint density at radius 1 is 1.43 bits per heavy atom. The summed E-state index contributed by atoms with van der Waals surface area (Å²) in [5.74, 6) is -2.11. The van der Waals surface area contributed by atoms with Crippen LogP contribution in [0.2, 0.25) is 0 Å². The van der Waals surface area contributed by atoms with Crippen molar-refractivity contribution in [3.63, 3.8) is 0 Å². The number of aryl methyl sites for hydroxylation is 1. The summed E-state index contributed by atoms with van der Waals surface area (Å²) in [7, 11) is 1.58. The Labute approximate surface area is 122 Å². The molecule has 114 valence electrons. The molecule has 21 heavy (non-hydrogen) atoms. The van der Waals surface area contributed by atoms with Gasteiger partial charge in [0.1, 0.15) is 5.82 Å². The van der Waals surface area contributed by atoms with Crippen LogP contribution in [0.4, 0.5) is 4.39 Å². The van der Waals surface area contributed by atoms with Crippen LogP contribution in [-0.2, 0) is 14.3 Å². The van der Waals surface area contributed by atoms with Crippen molar-refractivity contribution in [2.45, 2.75) is 31.9 Å². The summed E-state index contributed by atoms with van der Waals surface area (Å²) in [4.78, 5) is 23.4. The molecule has 2 N–H and O–H groups in total. The third-order valence-corrected chi connectivity index (χ3v) is 3.85. The van der Waals surface area contributed by atoms with Crippen LogP contribution in [0, 0.1) is 18.7 Å². The number of rotatable bonds is 5. The number of aliphatic carboxylic acids is 1. The first kappa shape index (κ1) is 15.4. The number of carboxylic acid groups (broad SMARTS) is 1. The molecule has 1 aliphatic rings. The summed E-state index contributed by atoms with van der Waals surface area (Å²) in [5, 5.41) is 11.8. The van der Waals surface area contributed by atoms with Crippen molar-refractivity contribution in [3.05, 3.63) is 35.1 Å². The van der Waals surface area contributed by atoms with Crippen molar-refractivity contribution < 1.29 is 23.8 Å². The fourth-order valence-corrected chi connectivity index (χ4v) is 2.37. The maximum Gasteiger partial charge on any atom is 0.330 e. The molecule has 1 saturated carbocycles. The SMILES string of the molecule is COC1CC(C(=O)NC(C(=O)O)c2ccc(F)c(C)c2)C1. The fraction of sp³-hybridized carbons (Fsp3) is 0.467. The first-order valence-corrected chi connectivity index (χ1v) is 6.74. The number of carbonyl (C=O) groups excluding carboxylic acids is 1. The van der Waals surface area contributed by atoms with Crippen LogP contribution < -0.4 is 5.32 Å². The Balaban J connectivity index is 2.07. The third-order valence-electron chi connectivity index (χ3n) is 3.85. The van der Waals surface area contributed by atoms with Crippen molar-refractivity contribution in [1.29, 1.82) is 0 Å². The van der Waals surface area contributed by atoms with Gasteiger partial charge in [-0.1, -0.05) is 12.1 Å². The summed E-state index contributed by atoms with van der Waals surface area (Å²) in [6.07, 6.45) is 1.26. The summed E-state index contributed by atoms with van der Waals surface area (Å²) < 4.78 is 18.3. The van der Waals surface area contributed by atoms with E-state index in [1.807, 2.05) is 0 Å². The van der Waals surface area contributed by atoms with Crippen LogP contribution in [0.3, 0.4) is 0 Å². The van der Waals surface area contributed by atoms with E-state index in [1.54, 1.807) is 14.0 Å². The topological polar surface area (TPSA) is 75.6 Å². The smallest absolute Gasteiger partial charge is 0.330 e. The molecule has 2 rings (SSSR count). The highest BCUT2D eigenvalue weighted by Crippen LogP contribution is 2.30. The van der Waals surface area contributed by atoms with E-state index in [-0.39, 0.29) is 17.9 Å². The lowest BCUT2D eigenvalue weighted by Crippen LogP contribution is -2.44. The molecule has 1 amide bonds. The molecule has 0 heterocycles. The molecule has 5 nitrogen and oxygen atoms in total. The molecule has 0 saturated heterocycles. The van der Waals surface area contributed by atoms with Crippen LogP contribution in [0.15, 0.2) is 18.2 Å². The van der Waals surface area contributed by atoms with E-state index < -0.39 is 17.8 Å². The zero-order valence-corrected chi connectivity index (χ0v) is 11.9. The molecule has 1 aromatic rings. The molecule has 6 heteroatoms. The fourth-order valence-electron chi connectivity index (χ4n) is 2.37. The van der Waals surface area contributed by atoms with Gasteiger partial charge in [0.2, 0.25) is 5.91 Å². The Hall–Kier alpha value is -1.95. The molecule has 0 aromatic heterocycles. The second-order valence-corrected chi connectivity index (χ2v) is 5.31. The van der Waals surface area contributed by atoms with Gasteiger partial charge in [0.25, 0.3) is 0 Å². The number of benzene rings is 1. The maximum absolute atomic E-state index is 13.3. The van der Waals surface area contributed by atoms with E-state index in [1.165, 1.54) is 18.2 Å². The lowest BCUT2D eigenvalue weighted by molar-refractivity contribution is -0.144. The number of ether oxygens (including phenoxy) is 1. The average Bonchev–Trinajstić information content (AvgIpc) is 2.38. The lowest BCUT2D eigenvalue weighted by atomic mass is 9.81. The number of carbonyl (C=O) groups is 2. The Bertz CT molecular complexity index is 555. The minimum atomic E-state index is -1.17. The van der Waals surface area contributed by atoms with Gasteiger partial charge < -0.3 is 15.2 Å². The third kappa shape index (κ3) is 3.39. The van der Waals surface area contributed by atoms with Gasteiger partial charge >= 0.3 is 5.97 Å². The molecular formula is C15H18FNO4. The van der Waals surface area contributed by atoms with Gasteiger partial charge in [0.15, 0.2) is 6.04 Å². The van der Waals surface area contributed by atoms with Crippen molar-refractivity contribution >= 4 is 11.9 Å². The highest BCUT2D eigenvalue weighted by atomic mass is 19.1. The molecule has 1 atom stereocenters. The zero-order valence-electron chi connectivity index (χ0n) is 11.9. The minimum Gasteiger partial charge on any atom is -0.479 e. The highest BCUT2D eigenvalue weighted by Gasteiger charge is 2.36. The van der Waals surface area contributed by atoms with Gasteiger partial charge in [0.05, 0.1) is 6.10 Å².